The van der Waals surface area contributed by atoms with E-state index in [1.54, 1.807) is 24.3 Å². The largest absolute Gasteiger partial charge is 0.367 e. The van der Waals surface area contributed by atoms with Crippen LogP contribution in [0, 0.1) is 12.7 Å². The van der Waals surface area contributed by atoms with Gasteiger partial charge in [-0.05, 0) is 62.1 Å². The summed E-state index contributed by atoms with van der Waals surface area (Å²) < 4.78 is 14.2. The highest BCUT2D eigenvalue weighted by Gasteiger charge is 2.23. The first-order chi connectivity index (χ1) is 14.5. The van der Waals surface area contributed by atoms with Crippen LogP contribution in [-0.2, 0) is 6.54 Å². The molecule has 2 aromatic rings. The molecule has 6 nitrogen and oxygen atoms in total. The number of urea groups is 1. The van der Waals surface area contributed by atoms with Crippen LogP contribution in [0.1, 0.15) is 41.3 Å². The number of nitrogens with one attached hydrogen (secondary N) is 3. The van der Waals surface area contributed by atoms with Crippen molar-refractivity contribution < 1.29 is 14.0 Å². The van der Waals surface area contributed by atoms with Gasteiger partial charge in [-0.2, -0.15) is 0 Å². The van der Waals surface area contributed by atoms with Crippen LogP contribution >= 0.6 is 0 Å². The molecule has 1 heterocycles. The van der Waals surface area contributed by atoms with E-state index in [-0.39, 0.29) is 23.8 Å². The number of benzene rings is 2. The van der Waals surface area contributed by atoms with Crippen LogP contribution in [0.5, 0.6) is 0 Å². The second kappa shape index (κ2) is 10.1. The van der Waals surface area contributed by atoms with Gasteiger partial charge in [-0.3, -0.25) is 4.79 Å². The molecule has 160 valence electrons. The van der Waals surface area contributed by atoms with Gasteiger partial charge in [0.05, 0.1) is 5.69 Å². The standard InChI is InChI=1S/C23H29FN4O2/c1-3-25-22(29)18-7-4-6-17(13-18)14-26-23(30)27-19-8-5-11-28(15-19)21-12-16(2)9-10-20(21)24/h4,6-7,9-10,12-13,19H,3,5,8,11,14-15H2,1-2H3,(H,25,29)(H2,26,27,30). The van der Waals surface area contributed by atoms with Crippen LogP contribution in [0.4, 0.5) is 14.9 Å². The van der Waals surface area contributed by atoms with Crippen molar-refractivity contribution in [3.05, 3.63) is 65.0 Å². The molecule has 0 spiro atoms. The zero-order valence-corrected chi connectivity index (χ0v) is 17.5. The molecule has 1 aliphatic rings. The number of amides is 3. The number of piperidine rings is 1. The number of anilines is 1. The first-order valence-corrected chi connectivity index (χ1v) is 10.4. The van der Waals surface area contributed by atoms with E-state index in [2.05, 4.69) is 16.0 Å². The van der Waals surface area contributed by atoms with Crippen LogP contribution in [0.2, 0.25) is 0 Å². The smallest absolute Gasteiger partial charge is 0.315 e. The lowest BCUT2D eigenvalue weighted by Crippen LogP contribution is -2.50. The van der Waals surface area contributed by atoms with Gasteiger partial charge in [0.15, 0.2) is 0 Å². The molecule has 0 radical (unpaired) electrons. The predicted octanol–water partition coefficient (Wildman–Crippen LogP) is 3.35. The summed E-state index contributed by atoms with van der Waals surface area (Å²) in [5.41, 5.74) is 3.01. The zero-order valence-electron chi connectivity index (χ0n) is 17.5. The number of aryl methyl sites for hydroxylation is 1. The van der Waals surface area contributed by atoms with Crippen LogP contribution in [0.15, 0.2) is 42.5 Å². The summed E-state index contributed by atoms with van der Waals surface area (Å²) in [5.74, 6) is -0.368. The molecule has 1 aliphatic heterocycles. The fraction of sp³-hybridized carbons (Fsp3) is 0.391. The summed E-state index contributed by atoms with van der Waals surface area (Å²) in [7, 11) is 0. The van der Waals surface area contributed by atoms with E-state index < -0.39 is 0 Å². The molecule has 30 heavy (non-hydrogen) atoms. The molecule has 0 aromatic heterocycles. The number of hydrogen-bond donors (Lipinski definition) is 3. The van der Waals surface area contributed by atoms with E-state index in [4.69, 9.17) is 0 Å². The molecule has 1 fully saturated rings. The van der Waals surface area contributed by atoms with Crippen LogP contribution in [0.25, 0.3) is 0 Å². The van der Waals surface area contributed by atoms with E-state index >= 15 is 0 Å². The Morgan fingerprint density at radius 2 is 2.00 bits per heavy atom. The molecule has 3 amide bonds. The third kappa shape index (κ3) is 5.72. The molecule has 1 unspecified atom stereocenters. The van der Waals surface area contributed by atoms with Gasteiger partial charge in [-0.15, -0.1) is 0 Å². The minimum atomic E-state index is -0.269. The topological polar surface area (TPSA) is 73.5 Å². The molecule has 2 aromatic carbocycles. The molecule has 0 bridgehead atoms. The van der Waals surface area contributed by atoms with Crippen molar-refractivity contribution in [1.29, 1.82) is 0 Å². The maximum atomic E-state index is 14.2. The number of nitrogens with zero attached hydrogens (tertiary/aromatic N) is 1. The third-order valence-corrected chi connectivity index (χ3v) is 5.18. The molecule has 1 saturated heterocycles. The molecule has 0 saturated carbocycles. The Hall–Kier alpha value is -3.09. The SMILES string of the molecule is CCNC(=O)c1cccc(CNC(=O)NC2CCCN(c3cc(C)ccc3F)C2)c1. The molecule has 1 atom stereocenters. The van der Waals surface area contributed by atoms with Gasteiger partial charge < -0.3 is 20.9 Å². The lowest BCUT2D eigenvalue weighted by molar-refractivity contribution is 0.0955. The molecule has 3 N–H and O–H groups in total. The summed E-state index contributed by atoms with van der Waals surface area (Å²) in [4.78, 5) is 26.3. The van der Waals surface area contributed by atoms with Crippen molar-refractivity contribution in [3.8, 4) is 0 Å². The van der Waals surface area contributed by atoms with Gasteiger partial charge in [-0.1, -0.05) is 18.2 Å². The highest BCUT2D eigenvalue weighted by molar-refractivity contribution is 5.94. The summed E-state index contributed by atoms with van der Waals surface area (Å²) in [5, 5.41) is 8.60. The van der Waals surface area contributed by atoms with Gasteiger partial charge in [0.1, 0.15) is 5.82 Å². The molecule has 7 heteroatoms. The first-order valence-electron chi connectivity index (χ1n) is 10.4. The van der Waals surface area contributed by atoms with Crippen molar-refractivity contribution >= 4 is 17.6 Å². The minimum Gasteiger partial charge on any atom is -0.367 e. The normalized spacial score (nSPS) is 16.1. The van der Waals surface area contributed by atoms with E-state index in [1.807, 2.05) is 30.9 Å². The maximum absolute atomic E-state index is 14.2. The highest BCUT2D eigenvalue weighted by Crippen LogP contribution is 2.24. The van der Waals surface area contributed by atoms with Crippen molar-refractivity contribution in [2.45, 2.75) is 39.3 Å². The number of rotatable bonds is 6. The second-order valence-corrected chi connectivity index (χ2v) is 7.63. The maximum Gasteiger partial charge on any atom is 0.315 e. The van der Waals surface area contributed by atoms with E-state index in [0.29, 0.717) is 30.9 Å². The van der Waals surface area contributed by atoms with Crippen LogP contribution < -0.4 is 20.9 Å². The molecular formula is C23H29FN4O2. The average Bonchev–Trinajstić information content (AvgIpc) is 2.74. The lowest BCUT2D eigenvalue weighted by atomic mass is 10.0. The average molecular weight is 413 g/mol. The Morgan fingerprint density at radius 1 is 1.17 bits per heavy atom. The van der Waals surface area contributed by atoms with Crippen molar-refractivity contribution in [1.82, 2.24) is 16.0 Å². The van der Waals surface area contributed by atoms with Gasteiger partial charge in [0, 0.05) is 37.8 Å². The van der Waals surface area contributed by atoms with Gasteiger partial charge in [0.2, 0.25) is 0 Å². The van der Waals surface area contributed by atoms with Gasteiger partial charge in [-0.25, -0.2) is 9.18 Å². The Labute approximate surface area is 176 Å². The van der Waals surface area contributed by atoms with E-state index in [0.717, 1.165) is 30.5 Å². The van der Waals surface area contributed by atoms with Crippen molar-refractivity contribution in [2.75, 3.05) is 24.5 Å². The number of hydrogen-bond acceptors (Lipinski definition) is 3. The van der Waals surface area contributed by atoms with Crippen molar-refractivity contribution in [3.63, 3.8) is 0 Å². The summed E-state index contributed by atoms with van der Waals surface area (Å²) >= 11 is 0. The van der Waals surface area contributed by atoms with Crippen LogP contribution in [-0.4, -0.2) is 37.6 Å². The number of carbonyl (C=O) groups excluding carboxylic acids is 2. The summed E-state index contributed by atoms with van der Waals surface area (Å²) in [6.45, 7) is 6.04. The fourth-order valence-corrected chi connectivity index (χ4v) is 3.68. The quantitative estimate of drug-likeness (QED) is 0.681. The highest BCUT2D eigenvalue weighted by atomic mass is 19.1. The number of halogens is 1. The van der Waals surface area contributed by atoms with Crippen molar-refractivity contribution in [2.24, 2.45) is 0 Å². The third-order valence-electron chi connectivity index (χ3n) is 5.18. The van der Waals surface area contributed by atoms with E-state index in [1.165, 1.54) is 6.07 Å². The summed E-state index contributed by atoms with van der Waals surface area (Å²) in [6, 6.07) is 12.0. The Balaban J connectivity index is 1.53. The Kier molecular flexibility index (Phi) is 7.27. The zero-order chi connectivity index (χ0) is 21.5. The Bertz CT molecular complexity index is 903. The molecule has 3 rings (SSSR count). The predicted molar refractivity (Wildman–Crippen MR) is 116 cm³/mol. The van der Waals surface area contributed by atoms with Gasteiger partial charge in [0.25, 0.3) is 5.91 Å². The number of carbonyl (C=O) groups is 2. The first kappa shape index (κ1) is 21.6. The monoisotopic (exact) mass is 412 g/mol. The minimum absolute atomic E-state index is 0.0553. The second-order valence-electron chi connectivity index (χ2n) is 7.63. The van der Waals surface area contributed by atoms with E-state index in [9.17, 15) is 14.0 Å². The Morgan fingerprint density at radius 3 is 2.80 bits per heavy atom. The lowest BCUT2D eigenvalue weighted by Gasteiger charge is -2.35. The summed E-state index contributed by atoms with van der Waals surface area (Å²) in [6.07, 6.45) is 1.73. The van der Waals surface area contributed by atoms with Crippen LogP contribution in [0.3, 0.4) is 0 Å². The van der Waals surface area contributed by atoms with Gasteiger partial charge >= 0.3 is 6.03 Å². The molecular weight excluding hydrogens is 383 g/mol. The molecule has 0 aliphatic carbocycles. The fourth-order valence-electron chi connectivity index (χ4n) is 3.68.